The Kier molecular flexibility index (Phi) is 7.69. The number of fused-ring (bicyclic) bond motifs is 5. The molecule has 3 aromatic rings. The van der Waals surface area contributed by atoms with Gasteiger partial charge >= 0.3 is 18.4 Å². The summed E-state index contributed by atoms with van der Waals surface area (Å²) in [6.45, 7) is 9.03. The van der Waals surface area contributed by atoms with Gasteiger partial charge in [0, 0.05) is 28.8 Å². The van der Waals surface area contributed by atoms with Crippen LogP contribution in [0.25, 0.3) is 22.0 Å². The largest absolute Gasteiger partial charge is 0.472 e. The first-order chi connectivity index (χ1) is 22.1. The van der Waals surface area contributed by atoms with Crippen LogP contribution in [0, 0.1) is 19.7 Å². The van der Waals surface area contributed by atoms with Crippen LogP contribution in [-0.4, -0.2) is 73.6 Å². The fourth-order valence-electron chi connectivity index (χ4n) is 7.29. The Hall–Kier alpha value is -4.15. The van der Waals surface area contributed by atoms with E-state index in [2.05, 4.69) is 15.0 Å². The van der Waals surface area contributed by atoms with Gasteiger partial charge in [0.15, 0.2) is 11.9 Å². The number of pyridine rings is 3. The molecular weight excluding hydrogens is 653 g/mol. The van der Waals surface area contributed by atoms with E-state index in [-0.39, 0.29) is 17.7 Å². The molecular formula is C31H33F7N6O4. The third-order valence-corrected chi connectivity index (χ3v) is 8.97. The number of halogens is 7. The average molecular weight is 687 g/mol. The maximum atomic E-state index is 16.9. The van der Waals surface area contributed by atoms with Crippen LogP contribution in [-0.2, 0) is 10.9 Å². The van der Waals surface area contributed by atoms with E-state index in [1.165, 1.54) is 0 Å². The standard InChI is InChI=1S/C31H33F7N6O4/c1-11-18(25(45)31(36,37)38)19-20-26(41-11)43-10-14-7-8-16(44(14)28(46)48-29(4,5)6)24(43)13(3)47-27(20)42-23(22(19)32)15-9-17(39)40-12(2)21(15)30(33,34)35/h9,13-14,16,24-25,45H,7-8,10H2,1-6H3,(H2,39,40)/t13-,14+,16-,24+,25?/m0/s1. The minimum Gasteiger partial charge on any atom is -0.472 e. The van der Waals surface area contributed by atoms with Crippen LogP contribution >= 0.6 is 0 Å². The number of alkyl halides is 6. The molecule has 1 amide bonds. The van der Waals surface area contributed by atoms with E-state index in [1.54, 1.807) is 37.5 Å². The number of carbonyl (C=O) groups excluding carboxylic acids is 1. The van der Waals surface area contributed by atoms with Crippen molar-refractivity contribution >= 4 is 28.5 Å². The molecule has 3 aliphatic rings. The number of hydrogen-bond donors (Lipinski definition) is 2. The molecule has 0 saturated carbocycles. The smallest absolute Gasteiger partial charge is 0.418 e. The quantitative estimate of drug-likeness (QED) is 0.295. The molecule has 5 atom stereocenters. The Bertz CT molecular complexity index is 1830. The van der Waals surface area contributed by atoms with Crippen molar-refractivity contribution in [2.45, 2.75) is 103 Å². The fourth-order valence-corrected chi connectivity index (χ4v) is 7.29. The fraction of sp³-hybridized carbons (Fsp3) is 0.548. The number of nitrogens with zero attached hydrogens (tertiary/aromatic N) is 5. The number of hydrogen-bond acceptors (Lipinski definition) is 9. The van der Waals surface area contributed by atoms with E-state index < -0.39 is 111 Å². The van der Waals surface area contributed by atoms with E-state index >= 15 is 4.39 Å². The molecule has 10 nitrogen and oxygen atoms in total. The summed E-state index contributed by atoms with van der Waals surface area (Å²) in [5.41, 5.74) is -0.348. The van der Waals surface area contributed by atoms with Gasteiger partial charge < -0.3 is 25.2 Å². The molecule has 3 N–H and O–H groups in total. The van der Waals surface area contributed by atoms with Gasteiger partial charge in [-0.25, -0.2) is 24.1 Å². The lowest BCUT2D eigenvalue weighted by molar-refractivity contribution is -0.206. The third-order valence-electron chi connectivity index (χ3n) is 8.97. The summed E-state index contributed by atoms with van der Waals surface area (Å²) in [6.07, 6.45) is -14.1. The molecule has 0 aliphatic carbocycles. The SMILES string of the molecule is Cc1nc(N)cc(-c2nc3c4c(nc(C)c(C(O)C(F)(F)F)c4c2F)N2C[C@H]4CC[C@@H]([C@H]2[C@H](C)O3)N4C(=O)OC(C)(C)C)c1C(F)(F)F. The first-order valence-electron chi connectivity index (χ1n) is 15.2. The summed E-state index contributed by atoms with van der Waals surface area (Å²) >= 11 is 0. The Labute approximate surface area is 270 Å². The summed E-state index contributed by atoms with van der Waals surface area (Å²) in [5, 5.41) is 9.33. The maximum absolute atomic E-state index is 16.9. The van der Waals surface area contributed by atoms with Crippen LogP contribution in [0.1, 0.15) is 69.2 Å². The van der Waals surface area contributed by atoms with Gasteiger partial charge in [0.1, 0.15) is 29.0 Å². The Morgan fingerprint density at radius 3 is 2.33 bits per heavy atom. The van der Waals surface area contributed by atoms with Crippen molar-refractivity contribution < 1.29 is 50.1 Å². The third kappa shape index (κ3) is 5.39. The van der Waals surface area contributed by atoms with E-state index in [4.69, 9.17) is 15.2 Å². The summed E-state index contributed by atoms with van der Waals surface area (Å²) in [4.78, 5) is 28.9. The number of aliphatic hydroxyl groups excluding tert-OH is 1. The van der Waals surface area contributed by atoms with Gasteiger partial charge in [-0.1, -0.05) is 0 Å². The summed E-state index contributed by atoms with van der Waals surface area (Å²) in [5.74, 6) is -2.53. The second-order valence-corrected chi connectivity index (χ2v) is 13.4. The number of rotatable bonds is 2. The van der Waals surface area contributed by atoms with Gasteiger partial charge in [-0.2, -0.15) is 26.3 Å². The molecule has 48 heavy (non-hydrogen) atoms. The number of nitrogens with two attached hydrogens (primary N) is 1. The highest BCUT2D eigenvalue weighted by Crippen LogP contribution is 2.51. The molecule has 0 radical (unpaired) electrons. The normalized spacial score (nSPS) is 23.1. The molecule has 2 fully saturated rings. The molecule has 3 aliphatic heterocycles. The van der Waals surface area contributed by atoms with Crippen molar-refractivity contribution in [1.29, 1.82) is 0 Å². The monoisotopic (exact) mass is 686 g/mol. The zero-order valence-electron chi connectivity index (χ0n) is 26.7. The number of aromatic nitrogens is 3. The number of aliphatic hydroxyl groups is 1. The van der Waals surface area contributed by atoms with Crippen LogP contribution in [0.4, 0.5) is 47.2 Å². The molecule has 2 saturated heterocycles. The first-order valence-corrected chi connectivity index (χ1v) is 15.2. The summed E-state index contributed by atoms with van der Waals surface area (Å²) in [7, 11) is 0. The van der Waals surface area contributed by atoms with Crippen molar-refractivity contribution in [1.82, 2.24) is 19.9 Å². The van der Waals surface area contributed by atoms with E-state index in [1.807, 2.05) is 0 Å². The van der Waals surface area contributed by atoms with Gasteiger partial charge in [0.2, 0.25) is 5.88 Å². The van der Waals surface area contributed by atoms with Crippen molar-refractivity contribution in [3.05, 3.63) is 34.4 Å². The number of anilines is 2. The van der Waals surface area contributed by atoms with Crippen LogP contribution in [0.3, 0.4) is 0 Å². The topological polar surface area (TPSA) is 127 Å². The number of amides is 1. The molecule has 0 aromatic carbocycles. The highest BCUT2D eigenvalue weighted by atomic mass is 19.4. The maximum Gasteiger partial charge on any atom is 0.418 e. The molecule has 0 spiro atoms. The highest BCUT2D eigenvalue weighted by Gasteiger charge is 2.54. The van der Waals surface area contributed by atoms with Crippen LogP contribution in [0.2, 0.25) is 0 Å². The predicted molar refractivity (Wildman–Crippen MR) is 159 cm³/mol. The number of carbonyl (C=O) groups is 1. The number of ether oxygens (including phenoxy) is 2. The van der Waals surface area contributed by atoms with Crippen molar-refractivity contribution in [3.8, 4) is 17.1 Å². The minimum atomic E-state index is -5.30. The van der Waals surface area contributed by atoms with Crippen molar-refractivity contribution in [2.75, 3.05) is 17.2 Å². The molecule has 2 bridgehead atoms. The highest BCUT2D eigenvalue weighted by molar-refractivity contribution is 6.02. The number of piperazine rings is 1. The zero-order valence-corrected chi connectivity index (χ0v) is 26.7. The second-order valence-electron chi connectivity index (χ2n) is 13.4. The van der Waals surface area contributed by atoms with E-state index in [0.717, 1.165) is 19.9 Å². The Balaban J connectivity index is 1.65. The van der Waals surface area contributed by atoms with Crippen molar-refractivity contribution in [3.63, 3.8) is 0 Å². The van der Waals surface area contributed by atoms with Gasteiger partial charge in [-0.3, -0.25) is 4.90 Å². The zero-order chi connectivity index (χ0) is 35.4. The number of nitrogen functional groups attached to an aromatic ring is 1. The minimum absolute atomic E-state index is 0.0369. The van der Waals surface area contributed by atoms with Gasteiger partial charge in [0.05, 0.1) is 34.8 Å². The van der Waals surface area contributed by atoms with Gasteiger partial charge in [-0.15, -0.1) is 0 Å². The molecule has 6 rings (SSSR count). The van der Waals surface area contributed by atoms with Gasteiger partial charge in [0.25, 0.3) is 0 Å². The van der Waals surface area contributed by atoms with E-state index in [9.17, 15) is 36.2 Å². The molecule has 17 heteroatoms. The van der Waals surface area contributed by atoms with Crippen LogP contribution < -0.4 is 15.4 Å². The summed E-state index contributed by atoms with van der Waals surface area (Å²) < 4.78 is 114. The van der Waals surface area contributed by atoms with E-state index in [0.29, 0.717) is 12.8 Å². The van der Waals surface area contributed by atoms with Gasteiger partial charge in [-0.05, 0) is 60.5 Å². The Morgan fingerprint density at radius 1 is 1.06 bits per heavy atom. The molecule has 1 unspecified atom stereocenters. The van der Waals surface area contributed by atoms with Crippen molar-refractivity contribution in [2.24, 2.45) is 0 Å². The lowest BCUT2D eigenvalue weighted by Gasteiger charge is -2.48. The lowest BCUT2D eigenvalue weighted by Crippen LogP contribution is -2.65. The summed E-state index contributed by atoms with van der Waals surface area (Å²) in [6, 6.07) is -0.920. The Morgan fingerprint density at radius 2 is 1.73 bits per heavy atom. The lowest BCUT2D eigenvalue weighted by atomic mass is 9.94. The molecule has 6 heterocycles. The first kappa shape index (κ1) is 33.7. The number of aryl methyl sites for hydroxylation is 2. The average Bonchev–Trinajstić information content (AvgIpc) is 3.18. The predicted octanol–water partition coefficient (Wildman–Crippen LogP) is 6.38. The molecule has 260 valence electrons. The molecule has 3 aromatic heterocycles. The van der Waals surface area contributed by atoms with Crippen LogP contribution in [0.5, 0.6) is 5.88 Å². The van der Waals surface area contributed by atoms with Crippen LogP contribution in [0.15, 0.2) is 6.07 Å². The second kappa shape index (κ2) is 10.9.